The minimum atomic E-state index is -2.24. The summed E-state index contributed by atoms with van der Waals surface area (Å²) in [5.41, 5.74) is 0. The van der Waals surface area contributed by atoms with Crippen LogP contribution in [0.5, 0.6) is 0 Å². The van der Waals surface area contributed by atoms with Crippen molar-refractivity contribution < 1.29 is 13.5 Å². The van der Waals surface area contributed by atoms with E-state index in [2.05, 4.69) is 0 Å². The van der Waals surface area contributed by atoms with E-state index in [0.717, 1.165) is 19.4 Å². The fourth-order valence-corrected chi connectivity index (χ4v) is 2.31. The Balaban J connectivity index is 2.44. The van der Waals surface area contributed by atoms with Gasteiger partial charge in [-0.15, -0.1) is 0 Å². The lowest BCUT2D eigenvalue weighted by molar-refractivity contribution is -0.0347. The number of likely N-dealkylation sites (tertiary alicyclic amines) is 1. The van der Waals surface area contributed by atoms with Crippen LogP contribution in [0.2, 0.25) is 0 Å². The quantitative estimate of drug-likeness (QED) is 0.707. The van der Waals surface area contributed by atoms with Gasteiger partial charge in [-0.05, 0) is 40.2 Å². The lowest BCUT2D eigenvalue weighted by atomic mass is 10.1. The number of halogens is 2. The molecule has 0 amide bonds. The largest absolute Gasteiger partial charge is 0.374 e. The van der Waals surface area contributed by atoms with E-state index in [1.807, 2.05) is 25.7 Å². The van der Waals surface area contributed by atoms with Crippen molar-refractivity contribution in [3.05, 3.63) is 0 Å². The van der Waals surface area contributed by atoms with Gasteiger partial charge in [-0.3, -0.25) is 4.90 Å². The van der Waals surface area contributed by atoms with E-state index in [4.69, 9.17) is 4.74 Å². The molecule has 0 aliphatic carbocycles. The predicted molar refractivity (Wildman–Crippen MR) is 56.3 cm³/mol. The molecule has 0 bridgehead atoms. The summed E-state index contributed by atoms with van der Waals surface area (Å²) in [4.78, 5) is 1.86. The number of nitrogens with zero attached hydrogens (tertiary/aromatic N) is 1. The van der Waals surface area contributed by atoms with Crippen LogP contribution in [0.1, 0.15) is 33.6 Å². The van der Waals surface area contributed by atoms with Crippen molar-refractivity contribution >= 4 is 0 Å². The third-order valence-corrected chi connectivity index (χ3v) is 2.82. The van der Waals surface area contributed by atoms with E-state index in [9.17, 15) is 8.78 Å². The standard InChI is InChI=1S/C11H21F2NO/c1-8(2)15-9(3)10-5-4-6-14(10)7-11(12)13/h8-11H,4-7H2,1-3H3/t9-,10-/m0/s1. The highest BCUT2D eigenvalue weighted by Gasteiger charge is 2.31. The zero-order chi connectivity index (χ0) is 11.4. The number of alkyl halides is 2. The van der Waals surface area contributed by atoms with Crippen LogP contribution >= 0.6 is 0 Å². The van der Waals surface area contributed by atoms with Crippen molar-refractivity contribution in [2.45, 2.75) is 58.3 Å². The minimum absolute atomic E-state index is 0.0475. The fourth-order valence-electron chi connectivity index (χ4n) is 2.31. The average molecular weight is 221 g/mol. The summed E-state index contributed by atoms with van der Waals surface area (Å²) in [6.07, 6.45) is -0.0545. The molecule has 0 saturated carbocycles. The smallest absolute Gasteiger partial charge is 0.251 e. The normalized spacial score (nSPS) is 25.4. The van der Waals surface area contributed by atoms with Gasteiger partial charge in [-0.25, -0.2) is 8.78 Å². The van der Waals surface area contributed by atoms with Gasteiger partial charge in [-0.2, -0.15) is 0 Å². The molecule has 90 valence electrons. The minimum Gasteiger partial charge on any atom is -0.374 e. The van der Waals surface area contributed by atoms with Gasteiger partial charge in [0.15, 0.2) is 0 Å². The van der Waals surface area contributed by atoms with Crippen LogP contribution in [0.25, 0.3) is 0 Å². The maximum Gasteiger partial charge on any atom is 0.251 e. The molecule has 0 aromatic heterocycles. The SMILES string of the molecule is CC(C)O[C@@H](C)[C@@H]1CCCN1CC(F)F. The Labute approximate surface area is 90.6 Å². The Bertz CT molecular complexity index is 187. The van der Waals surface area contributed by atoms with E-state index in [1.54, 1.807) is 0 Å². The Morgan fingerprint density at radius 2 is 2.00 bits per heavy atom. The first kappa shape index (κ1) is 12.8. The van der Waals surface area contributed by atoms with Gasteiger partial charge < -0.3 is 4.74 Å². The van der Waals surface area contributed by atoms with Gasteiger partial charge in [-0.1, -0.05) is 0 Å². The molecule has 0 aromatic carbocycles. The summed E-state index contributed by atoms with van der Waals surface area (Å²) >= 11 is 0. The summed E-state index contributed by atoms with van der Waals surface area (Å²) in [5.74, 6) is 0. The van der Waals surface area contributed by atoms with Crippen molar-refractivity contribution in [3.8, 4) is 0 Å². The lowest BCUT2D eigenvalue weighted by Crippen LogP contribution is -2.42. The van der Waals surface area contributed by atoms with Gasteiger partial charge in [0, 0.05) is 6.04 Å². The molecule has 1 fully saturated rings. The Kier molecular flexibility index (Phi) is 4.93. The molecule has 1 rings (SSSR count). The van der Waals surface area contributed by atoms with E-state index in [1.165, 1.54) is 0 Å². The molecular formula is C11H21F2NO. The molecule has 2 nitrogen and oxygen atoms in total. The van der Waals surface area contributed by atoms with E-state index < -0.39 is 6.43 Å². The van der Waals surface area contributed by atoms with Crippen molar-refractivity contribution in [1.82, 2.24) is 4.90 Å². The highest BCUT2D eigenvalue weighted by Crippen LogP contribution is 2.23. The number of ether oxygens (including phenoxy) is 1. The van der Waals surface area contributed by atoms with Gasteiger partial charge in [0.25, 0.3) is 6.43 Å². The van der Waals surface area contributed by atoms with Crippen LogP contribution in [-0.2, 0) is 4.74 Å². The van der Waals surface area contributed by atoms with Gasteiger partial charge >= 0.3 is 0 Å². The molecule has 1 saturated heterocycles. The second-order valence-electron chi connectivity index (χ2n) is 4.49. The molecule has 0 aromatic rings. The molecule has 4 heteroatoms. The number of hydrogen-bond acceptors (Lipinski definition) is 2. The number of rotatable bonds is 5. The van der Waals surface area contributed by atoms with Crippen molar-refractivity contribution in [3.63, 3.8) is 0 Å². The maximum atomic E-state index is 12.3. The van der Waals surface area contributed by atoms with Crippen LogP contribution in [0.15, 0.2) is 0 Å². The van der Waals surface area contributed by atoms with E-state index in [-0.39, 0.29) is 24.8 Å². The molecule has 0 N–H and O–H groups in total. The van der Waals surface area contributed by atoms with Crippen LogP contribution in [0, 0.1) is 0 Å². The molecular weight excluding hydrogens is 200 g/mol. The third kappa shape index (κ3) is 4.03. The topological polar surface area (TPSA) is 12.5 Å². The highest BCUT2D eigenvalue weighted by molar-refractivity contribution is 4.84. The zero-order valence-corrected chi connectivity index (χ0v) is 9.75. The second kappa shape index (κ2) is 5.75. The number of hydrogen-bond donors (Lipinski definition) is 0. The molecule has 0 unspecified atom stereocenters. The monoisotopic (exact) mass is 221 g/mol. The van der Waals surface area contributed by atoms with Crippen molar-refractivity contribution in [2.24, 2.45) is 0 Å². The summed E-state index contributed by atoms with van der Waals surface area (Å²) in [7, 11) is 0. The highest BCUT2D eigenvalue weighted by atomic mass is 19.3. The molecule has 0 spiro atoms. The summed E-state index contributed by atoms with van der Waals surface area (Å²) in [6.45, 7) is 6.59. The first-order valence-corrected chi connectivity index (χ1v) is 5.68. The molecule has 15 heavy (non-hydrogen) atoms. The molecule has 1 aliphatic heterocycles. The summed E-state index contributed by atoms with van der Waals surface area (Å²) in [5, 5.41) is 0. The third-order valence-electron chi connectivity index (χ3n) is 2.82. The zero-order valence-electron chi connectivity index (χ0n) is 9.75. The first-order valence-electron chi connectivity index (χ1n) is 5.68. The molecule has 2 atom stereocenters. The predicted octanol–water partition coefficient (Wildman–Crippen LogP) is 2.53. The van der Waals surface area contributed by atoms with Crippen LogP contribution in [0.3, 0.4) is 0 Å². The Hall–Kier alpha value is -0.220. The molecule has 1 aliphatic rings. The van der Waals surface area contributed by atoms with Crippen LogP contribution in [-0.4, -0.2) is 42.7 Å². The van der Waals surface area contributed by atoms with E-state index >= 15 is 0 Å². The van der Waals surface area contributed by atoms with Crippen LogP contribution in [0.4, 0.5) is 8.78 Å². The fraction of sp³-hybridized carbons (Fsp3) is 1.00. The lowest BCUT2D eigenvalue weighted by Gasteiger charge is -2.30. The van der Waals surface area contributed by atoms with Crippen LogP contribution < -0.4 is 0 Å². The molecule has 0 radical (unpaired) electrons. The Morgan fingerprint density at radius 3 is 2.53 bits per heavy atom. The average Bonchev–Trinajstić information content (AvgIpc) is 2.49. The summed E-state index contributed by atoms with van der Waals surface area (Å²) in [6, 6.07) is 0.168. The maximum absolute atomic E-state index is 12.3. The van der Waals surface area contributed by atoms with Crippen molar-refractivity contribution in [1.29, 1.82) is 0 Å². The second-order valence-corrected chi connectivity index (χ2v) is 4.49. The Morgan fingerprint density at radius 1 is 1.33 bits per heavy atom. The van der Waals surface area contributed by atoms with Gasteiger partial charge in [0.2, 0.25) is 0 Å². The molecule has 1 heterocycles. The van der Waals surface area contributed by atoms with E-state index in [0.29, 0.717) is 0 Å². The van der Waals surface area contributed by atoms with Crippen molar-refractivity contribution in [2.75, 3.05) is 13.1 Å². The summed E-state index contributed by atoms with van der Waals surface area (Å²) < 4.78 is 30.3. The first-order chi connectivity index (χ1) is 7.00. The van der Waals surface area contributed by atoms with Gasteiger partial charge in [0.05, 0.1) is 18.8 Å². The van der Waals surface area contributed by atoms with Gasteiger partial charge in [0.1, 0.15) is 0 Å².